The average Bonchev–Trinajstić information content (AvgIpc) is 2.99. The Morgan fingerprint density at radius 1 is 0.690 bits per heavy atom. The molecule has 3 aliphatic rings. The fourth-order valence-electron chi connectivity index (χ4n) is 5.39. The molecule has 5 rings (SSSR count). The molecular weight excluding hydrogens is 534 g/mol. The van der Waals surface area contributed by atoms with Crippen molar-refractivity contribution in [3.05, 3.63) is 53.6 Å². The second-order valence-electron chi connectivity index (χ2n) is 11.5. The molecule has 42 heavy (non-hydrogen) atoms. The van der Waals surface area contributed by atoms with Crippen LogP contribution in [0.3, 0.4) is 0 Å². The summed E-state index contributed by atoms with van der Waals surface area (Å²) in [5, 5.41) is 51.4. The molecule has 3 heterocycles. The van der Waals surface area contributed by atoms with Gasteiger partial charge in [-0.2, -0.15) is 0 Å². The van der Waals surface area contributed by atoms with Crippen molar-refractivity contribution in [1.82, 2.24) is 42.5 Å². The lowest BCUT2D eigenvalue weighted by Gasteiger charge is -2.38. The monoisotopic (exact) mass is 583 g/mol. The summed E-state index contributed by atoms with van der Waals surface area (Å²) in [5.74, 6) is -0.628. The molecule has 0 unspecified atom stereocenters. The van der Waals surface area contributed by atoms with E-state index in [4.69, 9.17) is 0 Å². The lowest BCUT2D eigenvalue weighted by atomic mass is 9.97. The van der Waals surface area contributed by atoms with Crippen molar-refractivity contribution < 1.29 is 15.0 Å². The van der Waals surface area contributed by atoms with E-state index in [1.54, 1.807) is 6.07 Å². The Bertz CT molecular complexity index is 1070. The van der Waals surface area contributed by atoms with Gasteiger partial charge in [0.1, 0.15) is 0 Å². The van der Waals surface area contributed by atoms with Gasteiger partial charge in [0.2, 0.25) is 5.91 Å². The van der Waals surface area contributed by atoms with Crippen molar-refractivity contribution >= 4 is 11.6 Å². The lowest BCUT2D eigenvalue weighted by Crippen LogP contribution is -2.66. The van der Waals surface area contributed by atoms with Gasteiger partial charge in [0.25, 0.3) is 0 Å². The Morgan fingerprint density at radius 2 is 1.17 bits per heavy atom. The number of carbonyl (C=O) groups is 1. The number of aromatic hydroxyl groups is 2. The lowest BCUT2D eigenvalue weighted by molar-refractivity contribution is -0.115. The number of rotatable bonds is 7. The van der Waals surface area contributed by atoms with Gasteiger partial charge in [-0.25, -0.2) is 0 Å². The van der Waals surface area contributed by atoms with Crippen LogP contribution in [0.15, 0.2) is 42.5 Å². The zero-order valence-corrected chi connectivity index (χ0v) is 24.7. The molecule has 232 valence electrons. The van der Waals surface area contributed by atoms with Crippen LogP contribution < -0.4 is 47.9 Å². The van der Waals surface area contributed by atoms with Crippen molar-refractivity contribution in [2.24, 2.45) is 0 Å². The Hall–Kier alpha value is -2.81. The number of hydrogen-bond acceptors (Lipinski definition) is 11. The number of anilines is 1. The summed E-state index contributed by atoms with van der Waals surface area (Å²) in [6, 6.07) is 12.3. The second kappa shape index (κ2) is 16.1. The third-order valence-electron chi connectivity index (χ3n) is 8.06. The van der Waals surface area contributed by atoms with Gasteiger partial charge in [0.05, 0.1) is 17.5 Å². The summed E-state index contributed by atoms with van der Waals surface area (Å²) >= 11 is 0. The number of fused-ring (bicyclic) bond motifs is 15. The molecule has 0 radical (unpaired) electrons. The highest BCUT2D eigenvalue weighted by atomic mass is 16.3. The molecule has 0 aliphatic carbocycles. The SMILES string of the molecule is CNC12CNCCNCC(NCc3ccc(NC(=O)Cc4ccc(O)c(O)c4)cc3)(CNCCNC1)CNCCNC2. The van der Waals surface area contributed by atoms with E-state index in [1.807, 2.05) is 31.3 Å². The molecule has 3 saturated heterocycles. The van der Waals surface area contributed by atoms with Crippen LogP contribution in [-0.2, 0) is 17.8 Å². The summed E-state index contributed by atoms with van der Waals surface area (Å²) in [7, 11) is 2.04. The van der Waals surface area contributed by atoms with Gasteiger partial charge >= 0.3 is 0 Å². The van der Waals surface area contributed by atoms with E-state index in [9.17, 15) is 15.0 Å². The maximum absolute atomic E-state index is 12.5. The topological polar surface area (TPSA) is 166 Å². The molecule has 2 aromatic rings. The number of likely N-dealkylation sites (N-methyl/N-ethyl adjacent to an activating group) is 1. The highest BCUT2D eigenvalue weighted by Gasteiger charge is 2.31. The van der Waals surface area contributed by atoms with Crippen LogP contribution >= 0.6 is 0 Å². The van der Waals surface area contributed by atoms with Gasteiger partial charge in [-0.1, -0.05) is 18.2 Å². The fourth-order valence-corrected chi connectivity index (χ4v) is 5.39. The molecule has 0 aromatic heterocycles. The van der Waals surface area contributed by atoms with Crippen LogP contribution in [0.2, 0.25) is 0 Å². The molecule has 3 fully saturated rings. The molecule has 1 amide bonds. The number of amides is 1. The third kappa shape index (κ3) is 9.89. The van der Waals surface area contributed by atoms with Crippen molar-refractivity contribution in [3.8, 4) is 11.5 Å². The molecule has 2 aromatic carbocycles. The first kappa shape index (κ1) is 32.1. The largest absolute Gasteiger partial charge is 0.504 e. The van der Waals surface area contributed by atoms with Gasteiger partial charge in [-0.05, 0) is 42.4 Å². The fraction of sp³-hybridized carbons (Fsp3) is 0.567. The molecule has 2 bridgehead atoms. The minimum absolute atomic E-state index is 0.0470. The van der Waals surface area contributed by atoms with Gasteiger partial charge in [-0.3, -0.25) is 4.79 Å². The van der Waals surface area contributed by atoms with E-state index in [2.05, 4.69) is 47.9 Å². The Balaban J connectivity index is 1.36. The van der Waals surface area contributed by atoms with Crippen molar-refractivity contribution in [2.45, 2.75) is 24.0 Å². The predicted octanol–water partition coefficient (Wildman–Crippen LogP) is -1.37. The van der Waals surface area contributed by atoms with E-state index < -0.39 is 0 Å². The first-order valence-electron chi connectivity index (χ1n) is 15.0. The van der Waals surface area contributed by atoms with E-state index in [-0.39, 0.29) is 34.9 Å². The highest BCUT2D eigenvalue weighted by molar-refractivity contribution is 5.92. The molecule has 11 N–H and O–H groups in total. The summed E-state index contributed by atoms with van der Waals surface area (Å²) in [6.07, 6.45) is 0.101. The summed E-state index contributed by atoms with van der Waals surface area (Å²) in [5.41, 5.74) is 2.21. The first-order chi connectivity index (χ1) is 20.4. The molecule has 0 atom stereocenters. The summed E-state index contributed by atoms with van der Waals surface area (Å²) in [6.45, 7) is 11.1. The number of nitrogens with one attached hydrogen (secondary N) is 9. The van der Waals surface area contributed by atoms with E-state index in [0.29, 0.717) is 17.8 Å². The molecule has 12 heteroatoms. The van der Waals surface area contributed by atoms with Crippen molar-refractivity contribution in [2.75, 3.05) is 90.9 Å². The molecular formula is C30H49N9O3. The smallest absolute Gasteiger partial charge is 0.228 e. The van der Waals surface area contributed by atoms with Gasteiger partial charge < -0.3 is 58.1 Å². The van der Waals surface area contributed by atoms with Gasteiger partial charge in [-0.15, -0.1) is 0 Å². The summed E-state index contributed by atoms with van der Waals surface area (Å²) in [4.78, 5) is 12.5. The van der Waals surface area contributed by atoms with Gasteiger partial charge in [0.15, 0.2) is 11.5 Å². The van der Waals surface area contributed by atoms with Crippen molar-refractivity contribution in [1.29, 1.82) is 0 Å². The molecule has 3 aliphatic heterocycles. The highest BCUT2D eigenvalue weighted by Crippen LogP contribution is 2.25. The van der Waals surface area contributed by atoms with E-state index in [0.717, 1.165) is 84.1 Å². The Morgan fingerprint density at radius 3 is 1.64 bits per heavy atom. The number of hydrogen-bond donors (Lipinski definition) is 11. The van der Waals surface area contributed by atoms with Crippen LogP contribution in [0.4, 0.5) is 5.69 Å². The first-order valence-corrected chi connectivity index (χ1v) is 15.0. The Labute approximate surface area is 249 Å². The third-order valence-corrected chi connectivity index (χ3v) is 8.06. The second-order valence-corrected chi connectivity index (χ2v) is 11.5. The maximum Gasteiger partial charge on any atom is 0.228 e. The normalized spacial score (nSPS) is 24.9. The maximum atomic E-state index is 12.5. The summed E-state index contributed by atoms with van der Waals surface area (Å²) < 4.78 is 0. The average molecular weight is 584 g/mol. The molecule has 0 spiro atoms. The van der Waals surface area contributed by atoms with E-state index >= 15 is 0 Å². The molecule has 0 saturated carbocycles. The number of benzene rings is 2. The molecule has 12 nitrogen and oxygen atoms in total. The number of phenols is 2. The number of phenolic OH excluding ortho intramolecular Hbond substituents is 2. The predicted molar refractivity (Wildman–Crippen MR) is 167 cm³/mol. The van der Waals surface area contributed by atoms with Crippen LogP contribution in [0.1, 0.15) is 11.1 Å². The van der Waals surface area contributed by atoms with Crippen molar-refractivity contribution in [3.63, 3.8) is 0 Å². The Kier molecular flexibility index (Phi) is 12.3. The van der Waals surface area contributed by atoms with E-state index in [1.165, 1.54) is 12.1 Å². The van der Waals surface area contributed by atoms with Crippen LogP contribution in [0.5, 0.6) is 11.5 Å². The minimum Gasteiger partial charge on any atom is -0.504 e. The van der Waals surface area contributed by atoms with Crippen LogP contribution in [-0.4, -0.2) is 113 Å². The zero-order valence-electron chi connectivity index (χ0n) is 24.7. The number of carbonyl (C=O) groups excluding carboxylic acids is 1. The van der Waals surface area contributed by atoms with Gasteiger partial charge in [0, 0.05) is 90.8 Å². The quantitative estimate of drug-likeness (QED) is 0.174. The van der Waals surface area contributed by atoms with Crippen LogP contribution in [0, 0.1) is 0 Å². The zero-order chi connectivity index (χ0) is 29.7. The van der Waals surface area contributed by atoms with Crippen LogP contribution in [0.25, 0.3) is 0 Å². The standard InChI is InChI=1S/C30H49N9O3/c1-31-29-17-32-8-11-35-20-30(21-36-12-9-33-18-29,22-37-13-10-34-19-29)38-16-23-2-5-25(6-3-23)39-28(42)15-24-4-7-26(40)27(41)14-24/h2-7,14,31-38,40-41H,8-13,15-22H2,1H3,(H,39,42). The minimum atomic E-state index is -0.234.